The number of nitrogens with one attached hydrogen (secondary N) is 1. The van der Waals surface area contributed by atoms with E-state index < -0.39 is 0 Å². The van der Waals surface area contributed by atoms with Crippen LogP contribution in [0, 0.1) is 6.92 Å². The lowest BCUT2D eigenvalue weighted by Gasteiger charge is -2.18. The first kappa shape index (κ1) is 19.8. The van der Waals surface area contributed by atoms with Crippen LogP contribution in [0.4, 0.5) is 5.69 Å². The fourth-order valence-corrected chi connectivity index (χ4v) is 2.78. The Morgan fingerprint density at radius 1 is 1.00 bits per heavy atom. The summed E-state index contributed by atoms with van der Waals surface area (Å²) in [5.74, 6) is 1.08. The Morgan fingerprint density at radius 2 is 1.58 bits per heavy atom. The highest BCUT2D eigenvalue weighted by Gasteiger charge is 2.12. The Hall–Kier alpha value is -2.53. The van der Waals surface area contributed by atoms with Gasteiger partial charge in [0.2, 0.25) is 0 Å². The zero-order chi connectivity index (χ0) is 19.1. The fraction of sp³-hybridized carbons (Fsp3) is 0.381. The minimum atomic E-state index is -0.144. The summed E-state index contributed by atoms with van der Waals surface area (Å²) in [5, 5.41) is 2.95. The van der Waals surface area contributed by atoms with E-state index in [1.807, 2.05) is 37.3 Å². The third-order valence-corrected chi connectivity index (χ3v) is 4.50. The molecule has 0 heterocycles. The summed E-state index contributed by atoms with van der Waals surface area (Å²) >= 11 is 0. The molecule has 2 aromatic carbocycles. The Morgan fingerprint density at radius 3 is 2.12 bits per heavy atom. The van der Waals surface area contributed by atoms with Crippen LogP contribution in [0.25, 0.3) is 0 Å². The molecular weight excluding hydrogens is 328 g/mol. The summed E-state index contributed by atoms with van der Waals surface area (Å²) in [5.41, 5.74) is 3.45. The van der Waals surface area contributed by atoms with Crippen LogP contribution in [-0.2, 0) is 6.54 Å². The largest absolute Gasteiger partial charge is 0.493 e. The maximum Gasteiger partial charge on any atom is 0.255 e. The first-order valence-corrected chi connectivity index (χ1v) is 8.87. The number of hydrogen-bond donors (Lipinski definition) is 1. The fourth-order valence-electron chi connectivity index (χ4n) is 2.78. The number of aryl methyl sites for hydroxylation is 1. The van der Waals surface area contributed by atoms with Crippen molar-refractivity contribution < 1.29 is 14.3 Å². The Balaban J connectivity index is 2.12. The van der Waals surface area contributed by atoms with Crippen LogP contribution in [0.15, 0.2) is 36.4 Å². The molecule has 0 aromatic heterocycles. The van der Waals surface area contributed by atoms with Crippen molar-refractivity contribution in [2.45, 2.75) is 27.3 Å². The van der Waals surface area contributed by atoms with Crippen LogP contribution < -0.4 is 14.8 Å². The number of hydrogen-bond acceptors (Lipinski definition) is 4. The first-order chi connectivity index (χ1) is 12.5. The number of anilines is 1. The van der Waals surface area contributed by atoms with Gasteiger partial charge in [0, 0.05) is 23.9 Å². The molecule has 26 heavy (non-hydrogen) atoms. The van der Waals surface area contributed by atoms with Crippen LogP contribution in [0.3, 0.4) is 0 Å². The van der Waals surface area contributed by atoms with Gasteiger partial charge in [0.15, 0.2) is 11.5 Å². The molecule has 0 atom stereocenters. The standard InChI is InChI=1S/C21H28N2O3/c1-6-23(7-2)14-16-8-10-17(11-9-16)21(24)22-18-13-20(26-5)19(25-4)12-15(18)3/h8-13H,6-7,14H2,1-5H3,(H,22,24). The zero-order valence-corrected chi connectivity index (χ0v) is 16.3. The molecule has 0 radical (unpaired) electrons. The molecule has 0 aliphatic rings. The average Bonchev–Trinajstić information content (AvgIpc) is 2.67. The number of methoxy groups -OCH3 is 2. The first-order valence-electron chi connectivity index (χ1n) is 8.87. The van der Waals surface area contributed by atoms with Gasteiger partial charge in [0.25, 0.3) is 5.91 Å². The van der Waals surface area contributed by atoms with Gasteiger partial charge in [-0.2, -0.15) is 0 Å². The highest BCUT2D eigenvalue weighted by atomic mass is 16.5. The van der Waals surface area contributed by atoms with E-state index in [1.165, 1.54) is 5.56 Å². The van der Waals surface area contributed by atoms with E-state index >= 15 is 0 Å². The van der Waals surface area contributed by atoms with Crippen molar-refractivity contribution in [3.63, 3.8) is 0 Å². The topological polar surface area (TPSA) is 50.8 Å². The van der Waals surface area contributed by atoms with Gasteiger partial charge in [-0.3, -0.25) is 9.69 Å². The lowest BCUT2D eigenvalue weighted by Crippen LogP contribution is -2.22. The van der Waals surface area contributed by atoms with Crippen molar-refractivity contribution in [3.05, 3.63) is 53.1 Å². The van der Waals surface area contributed by atoms with Crippen LogP contribution >= 0.6 is 0 Å². The lowest BCUT2D eigenvalue weighted by molar-refractivity contribution is 0.102. The molecule has 5 nitrogen and oxygen atoms in total. The Kier molecular flexibility index (Phi) is 7.04. The van der Waals surface area contributed by atoms with E-state index in [9.17, 15) is 4.79 Å². The molecule has 0 aliphatic heterocycles. The van der Waals surface area contributed by atoms with E-state index in [2.05, 4.69) is 24.1 Å². The van der Waals surface area contributed by atoms with E-state index in [4.69, 9.17) is 9.47 Å². The number of benzene rings is 2. The quantitative estimate of drug-likeness (QED) is 0.773. The molecule has 2 rings (SSSR count). The van der Waals surface area contributed by atoms with E-state index in [0.717, 1.165) is 25.2 Å². The van der Waals surface area contributed by atoms with Gasteiger partial charge in [-0.25, -0.2) is 0 Å². The van der Waals surface area contributed by atoms with Gasteiger partial charge in [0.05, 0.1) is 14.2 Å². The SMILES string of the molecule is CCN(CC)Cc1ccc(C(=O)Nc2cc(OC)c(OC)cc2C)cc1. The van der Waals surface area contributed by atoms with E-state index in [-0.39, 0.29) is 5.91 Å². The van der Waals surface area contributed by atoms with Crippen molar-refractivity contribution in [1.82, 2.24) is 4.90 Å². The monoisotopic (exact) mass is 356 g/mol. The van der Waals surface area contributed by atoms with Gasteiger partial charge in [0.1, 0.15) is 0 Å². The molecule has 0 spiro atoms. The second-order valence-electron chi connectivity index (χ2n) is 6.13. The average molecular weight is 356 g/mol. The van der Waals surface area contributed by atoms with Crippen molar-refractivity contribution >= 4 is 11.6 Å². The van der Waals surface area contributed by atoms with Gasteiger partial charge in [-0.15, -0.1) is 0 Å². The molecule has 1 amide bonds. The third-order valence-electron chi connectivity index (χ3n) is 4.50. The molecule has 0 saturated heterocycles. The summed E-state index contributed by atoms with van der Waals surface area (Å²) in [4.78, 5) is 14.9. The highest BCUT2D eigenvalue weighted by Crippen LogP contribution is 2.33. The van der Waals surface area contributed by atoms with Crippen molar-refractivity contribution in [2.75, 3.05) is 32.6 Å². The number of amides is 1. The van der Waals surface area contributed by atoms with Crippen molar-refractivity contribution in [2.24, 2.45) is 0 Å². The molecule has 0 fully saturated rings. The number of carbonyl (C=O) groups excluding carboxylic acids is 1. The Bertz CT molecular complexity index is 738. The predicted octanol–water partition coefficient (Wildman–Crippen LogP) is 4.11. The molecule has 0 aliphatic carbocycles. The summed E-state index contributed by atoms with van der Waals surface area (Å²) in [6, 6.07) is 11.4. The van der Waals surface area contributed by atoms with Crippen LogP contribution in [0.2, 0.25) is 0 Å². The molecular formula is C21H28N2O3. The van der Waals surface area contributed by atoms with E-state index in [0.29, 0.717) is 22.7 Å². The summed E-state index contributed by atoms with van der Waals surface area (Å²) in [7, 11) is 3.17. The minimum Gasteiger partial charge on any atom is -0.493 e. The van der Waals surface area contributed by atoms with Crippen molar-refractivity contribution in [3.8, 4) is 11.5 Å². The maximum atomic E-state index is 12.6. The molecule has 2 aromatic rings. The molecule has 0 bridgehead atoms. The summed E-state index contributed by atoms with van der Waals surface area (Å²) < 4.78 is 10.6. The van der Waals surface area contributed by atoms with Crippen LogP contribution in [0.5, 0.6) is 11.5 Å². The van der Waals surface area contributed by atoms with Crippen LogP contribution in [-0.4, -0.2) is 38.1 Å². The zero-order valence-electron chi connectivity index (χ0n) is 16.3. The van der Waals surface area contributed by atoms with Gasteiger partial charge in [-0.05, 0) is 49.3 Å². The van der Waals surface area contributed by atoms with Crippen molar-refractivity contribution in [1.29, 1.82) is 0 Å². The third kappa shape index (κ3) is 4.76. The normalized spacial score (nSPS) is 10.7. The van der Waals surface area contributed by atoms with E-state index in [1.54, 1.807) is 20.3 Å². The molecule has 5 heteroatoms. The molecule has 140 valence electrons. The second kappa shape index (κ2) is 9.25. The number of rotatable bonds is 8. The summed E-state index contributed by atoms with van der Waals surface area (Å²) in [6.07, 6.45) is 0. The molecule has 0 unspecified atom stereocenters. The minimum absolute atomic E-state index is 0.144. The lowest BCUT2D eigenvalue weighted by atomic mass is 10.1. The van der Waals surface area contributed by atoms with Gasteiger partial charge in [-0.1, -0.05) is 26.0 Å². The Labute approximate surface area is 155 Å². The van der Waals surface area contributed by atoms with Crippen LogP contribution in [0.1, 0.15) is 35.3 Å². The number of nitrogens with zero attached hydrogens (tertiary/aromatic N) is 1. The smallest absolute Gasteiger partial charge is 0.255 e. The molecule has 1 N–H and O–H groups in total. The van der Waals surface area contributed by atoms with Gasteiger partial charge >= 0.3 is 0 Å². The summed E-state index contributed by atoms with van der Waals surface area (Å²) in [6.45, 7) is 9.14. The molecule has 0 saturated carbocycles. The number of carbonyl (C=O) groups is 1. The highest BCUT2D eigenvalue weighted by molar-refractivity contribution is 6.04. The number of ether oxygens (including phenoxy) is 2. The second-order valence-corrected chi connectivity index (χ2v) is 6.13. The maximum absolute atomic E-state index is 12.6. The van der Waals surface area contributed by atoms with Gasteiger partial charge < -0.3 is 14.8 Å². The predicted molar refractivity (Wildman–Crippen MR) is 105 cm³/mol.